The molecule has 1 heterocycles. The lowest BCUT2D eigenvalue weighted by atomic mass is 10.0. The lowest BCUT2D eigenvalue weighted by Gasteiger charge is -2.26. The minimum absolute atomic E-state index is 0.144. The zero-order chi connectivity index (χ0) is 23.6. The maximum absolute atomic E-state index is 13.0. The summed E-state index contributed by atoms with van der Waals surface area (Å²) in [7, 11) is 0. The van der Waals surface area contributed by atoms with E-state index < -0.39 is 24.1 Å². The van der Waals surface area contributed by atoms with E-state index in [0.29, 0.717) is 25.8 Å². The Morgan fingerprint density at radius 2 is 1.52 bits per heavy atom. The molecule has 1 N–H and O–H groups in total. The summed E-state index contributed by atoms with van der Waals surface area (Å²) in [6.07, 6.45) is 1.15. The summed E-state index contributed by atoms with van der Waals surface area (Å²) < 4.78 is 10.9. The second-order valence-electron chi connectivity index (χ2n) is 8.68. The van der Waals surface area contributed by atoms with Gasteiger partial charge in [-0.1, -0.05) is 74.5 Å². The van der Waals surface area contributed by atoms with E-state index in [2.05, 4.69) is 5.32 Å². The summed E-state index contributed by atoms with van der Waals surface area (Å²) in [5, 5.41) is 2.82. The summed E-state index contributed by atoms with van der Waals surface area (Å²) in [5.41, 5.74) is 1.76. The van der Waals surface area contributed by atoms with Crippen LogP contribution in [0.4, 0.5) is 4.79 Å². The number of benzene rings is 2. The van der Waals surface area contributed by atoms with E-state index in [1.54, 1.807) is 0 Å². The van der Waals surface area contributed by atoms with E-state index in [0.717, 1.165) is 11.1 Å². The van der Waals surface area contributed by atoms with Gasteiger partial charge >= 0.3 is 12.1 Å². The summed E-state index contributed by atoms with van der Waals surface area (Å²) in [6, 6.07) is 17.4. The van der Waals surface area contributed by atoms with E-state index in [1.807, 2.05) is 74.5 Å². The fraction of sp³-hybridized carbons (Fsp3) is 0.423. The molecular formula is C26H32N2O5. The number of nitrogens with zero attached hydrogens (tertiary/aromatic N) is 1. The van der Waals surface area contributed by atoms with Crippen LogP contribution in [-0.2, 0) is 32.3 Å². The minimum Gasteiger partial charge on any atom is -0.459 e. The van der Waals surface area contributed by atoms with Crippen LogP contribution in [0.15, 0.2) is 60.7 Å². The lowest BCUT2D eigenvalue weighted by Crippen LogP contribution is -2.51. The average molecular weight is 453 g/mol. The van der Waals surface area contributed by atoms with Crippen LogP contribution < -0.4 is 5.32 Å². The molecule has 0 aromatic heterocycles. The van der Waals surface area contributed by atoms with Gasteiger partial charge in [0.1, 0.15) is 25.3 Å². The first-order chi connectivity index (χ1) is 15.9. The topological polar surface area (TPSA) is 84.9 Å². The Balaban J connectivity index is 1.57. The van der Waals surface area contributed by atoms with Gasteiger partial charge < -0.3 is 14.8 Å². The minimum atomic E-state index is -0.774. The summed E-state index contributed by atoms with van der Waals surface area (Å²) in [4.78, 5) is 39.8. The molecule has 0 aliphatic carbocycles. The van der Waals surface area contributed by atoms with Gasteiger partial charge in [-0.15, -0.1) is 0 Å². The molecule has 1 fully saturated rings. The number of amides is 2. The molecule has 2 aromatic rings. The van der Waals surface area contributed by atoms with Crippen molar-refractivity contribution >= 4 is 18.0 Å². The van der Waals surface area contributed by atoms with Crippen molar-refractivity contribution in [3.63, 3.8) is 0 Å². The number of ether oxygens (including phenoxy) is 2. The van der Waals surface area contributed by atoms with Crippen molar-refractivity contribution in [2.24, 2.45) is 5.92 Å². The summed E-state index contributed by atoms with van der Waals surface area (Å²) in [5.74, 6) is -0.654. The Morgan fingerprint density at radius 1 is 0.939 bits per heavy atom. The first kappa shape index (κ1) is 24.3. The Hall–Kier alpha value is -3.35. The summed E-state index contributed by atoms with van der Waals surface area (Å²) in [6.45, 7) is 4.69. The quantitative estimate of drug-likeness (QED) is 0.580. The fourth-order valence-corrected chi connectivity index (χ4v) is 3.84. The van der Waals surface area contributed by atoms with Crippen LogP contribution >= 0.6 is 0 Å². The molecule has 0 bridgehead atoms. The molecule has 2 aromatic carbocycles. The van der Waals surface area contributed by atoms with Crippen LogP contribution in [0.2, 0.25) is 0 Å². The number of nitrogens with one attached hydrogen (secondary N) is 1. The normalized spacial score (nSPS) is 16.3. The highest BCUT2D eigenvalue weighted by atomic mass is 16.6. The van der Waals surface area contributed by atoms with E-state index in [4.69, 9.17) is 9.47 Å². The molecule has 176 valence electrons. The number of hydrogen-bond donors (Lipinski definition) is 1. The summed E-state index contributed by atoms with van der Waals surface area (Å²) >= 11 is 0. The highest BCUT2D eigenvalue weighted by Gasteiger charge is 2.37. The van der Waals surface area contributed by atoms with Crippen LogP contribution in [0, 0.1) is 5.92 Å². The second-order valence-corrected chi connectivity index (χ2v) is 8.68. The smallest absolute Gasteiger partial charge is 0.410 e. The maximum Gasteiger partial charge on any atom is 0.410 e. The predicted octanol–water partition coefficient (Wildman–Crippen LogP) is 4.06. The molecule has 2 unspecified atom stereocenters. The van der Waals surface area contributed by atoms with Gasteiger partial charge in [-0.25, -0.2) is 9.59 Å². The second kappa shape index (κ2) is 12.0. The predicted molar refractivity (Wildman–Crippen MR) is 124 cm³/mol. The molecule has 1 aliphatic rings. The zero-order valence-electron chi connectivity index (χ0n) is 19.2. The van der Waals surface area contributed by atoms with E-state index in [9.17, 15) is 14.4 Å². The monoisotopic (exact) mass is 452 g/mol. The van der Waals surface area contributed by atoms with Crippen LogP contribution in [0.1, 0.15) is 44.2 Å². The number of likely N-dealkylation sites (tertiary alicyclic amines) is 1. The molecule has 2 atom stereocenters. The average Bonchev–Trinajstić information content (AvgIpc) is 3.32. The highest BCUT2D eigenvalue weighted by Crippen LogP contribution is 2.20. The van der Waals surface area contributed by atoms with Crippen molar-refractivity contribution in [2.45, 2.75) is 58.4 Å². The van der Waals surface area contributed by atoms with Gasteiger partial charge in [-0.3, -0.25) is 9.69 Å². The number of rotatable bonds is 9. The first-order valence-corrected chi connectivity index (χ1v) is 11.4. The Morgan fingerprint density at radius 3 is 2.09 bits per heavy atom. The van der Waals surface area contributed by atoms with Gasteiger partial charge in [0.15, 0.2) is 0 Å². The standard InChI is InChI=1S/C26H32N2O5/c1-19(2)16-22(25(30)32-17-20-10-5-3-6-11-20)27-24(29)23-14-9-15-28(23)26(31)33-18-21-12-7-4-8-13-21/h3-8,10-13,19,22-23H,9,14-18H2,1-2H3,(H,27,29). The number of esters is 1. The third-order valence-corrected chi connectivity index (χ3v) is 5.53. The van der Waals surface area contributed by atoms with E-state index in [1.165, 1.54) is 4.90 Å². The van der Waals surface area contributed by atoms with Crippen LogP contribution in [0.25, 0.3) is 0 Å². The molecule has 7 heteroatoms. The molecule has 7 nitrogen and oxygen atoms in total. The van der Waals surface area contributed by atoms with Gasteiger partial charge in [0, 0.05) is 6.54 Å². The van der Waals surface area contributed by atoms with Gasteiger partial charge in [0.25, 0.3) is 0 Å². The Labute approximate surface area is 195 Å². The van der Waals surface area contributed by atoms with Crippen molar-refractivity contribution in [3.05, 3.63) is 71.8 Å². The lowest BCUT2D eigenvalue weighted by molar-refractivity contribution is -0.150. The Bertz CT molecular complexity index is 917. The zero-order valence-corrected chi connectivity index (χ0v) is 19.2. The van der Waals surface area contributed by atoms with Gasteiger partial charge in [-0.2, -0.15) is 0 Å². The van der Waals surface area contributed by atoms with Crippen LogP contribution in [0.3, 0.4) is 0 Å². The Kier molecular flexibility index (Phi) is 8.87. The molecule has 33 heavy (non-hydrogen) atoms. The van der Waals surface area contributed by atoms with Crippen molar-refractivity contribution in [1.82, 2.24) is 10.2 Å². The molecule has 1 saturated heterocycles. The largest absolute Gasteiger partial charge is 0.459 e. The fourth-order valence-electron chi connectivity index (χ4n) is 3.84. The third-order valence-electron chi connectivity index (χ3n) is 5.53. The molecule has 0 saturated carbocycles. The highest BCUT2D eigenvalue weighted by molar-refractivity contribution is 5.90. The molecule has 3 rings (SSSR count). The van der Waals surface area contributed by atoms with Gasteiger partial charge in [0.2, 0.25) is 5.91 Å². The molecule has 0 radical (unpaired) electrons. The molecule has 1 aliphatic heterocycles. The van der Waals surface area contributed by atoms with Crippen molar-refractivity contribution in [2.75, 3.05) is 6.54 Å². The van der Waals surface area contributed by atoms with Gasteiger partial charge in [-0.05, 0) is 36.3 Å². The van der Waals surface area contributed by atoms with E-state index in [-0.39, 0.29) is 25.0 Å². The van der Waals surface area contributed by atoms with Crippen LogP contribution in [-0.4, -0.2) is 41.5 Å². The molecular weight excluding hydrogens is 420 g/mol. The van der Waals surface area contributed by atoms with Crippen molar-refractivity contribution in [1.29, 1.82) is 0 Å². The molecule has 0 spiro atoms. The van der Waals surface area contributed by atoms with Crippen molar-refractivity contribution < 1.29 is 23.9 Å². The third kappa shape index (κ3) is 7.34. The number of carbonyl (C=O) groups excluding carboxylic acids is 3. The number of hydrogen-bond acceptors (Lipinski definition) is 5. The molecule has 2 amide bonds. The van der Waals surface area contributed by atoms with Crippen molar-refractivity contribution in [3.8, 4) is 0 Å². The first-order valence-electron chi connectivity index (χ1n) is 11.4. The maximum atomic E-state index is 13.0. The van der Waals surface area contributed by atoms with E-state index >= 15 is 0 Å². The number of carbonyl (C=O) groups is 3. The SMILES string of the molecule is CC(C)CC(NC(=O)C1CCCN1C(=O)OCc1ccccc1)C(=O)OCc1ccccc1. The van der Waals surface area contributed by atoms with Crippen LogP contribution in [0.5, 0.6) is 0 Å². The van der Waals surface area contributed by atoms with Gasteiger partial charge in [0.05, 0.1) is 0 Å².